The zero-order chi connectivity index (χ0) is 13.7. The second-order valence-corrected chi connectivity index (χ2v) is 7.57. The van der Waals surface area contributed by atoms with Crippen molar-refractivity contribution in [2.45, 2.75) is 38.1 Å². The molecule has 0 radical (unpaired) electrons. The van der Waals surface area contributed by atoms with Crippen molar-refractivity contribution in [3.05, 3.63) is 28.2 Å². The van der Waals surface area contributed by atoms with E-state index in [2.05, 4.69) is 27.3 Å². The summed E-state index contributed by atoms with van der Waals surface area (Å²) < 4.78 is 1.02. The first-order chi connectivity index (χ1) is 9.76. The molecule has 1 N–H and O–H groups in total. The molecule has 2 bridgehead atoms. The Morgan fingerprint density at radius 3 is 2.80 bits per heavy atom. The quantitative estimate of drug-likeness (QED) is 0.862. The maximum atomic E-state index is 8.93. The Bertz CT molecular complexity index is 577. The van der Waals surface area contributed by atoms with Gasteiger partial charge in [-0.05, 0) is 83.5 Å². The molecule has 0 aliphatic heterocycles. The standard InChI is InChI=1S/C17H19BrN2/c18-15-6-10(9-19)4-5-16(15)20-17-8-11-7-14(17)13-3-1-2-12(11)13/h4-6,11-14,17,20H,1-3,7-8H2. The smallest absolute Gasteiger partial charge is 0.0992 e. The third-order valence-corrected chi connectivity index (χ3v) is 6.52. The number of halogens is 1. The number of hydrogen-bond acceptors (Lipinski definition) is 2. The topological polar surface area (TPSA) is 35.8 Å². The fraction of sp³-hybridized carbons (Fsp3) is 0.588. The number of hydrogen-bond donors (Lipinski definition) is 1. The third kappa shape index (κ3) is 1.89. The summed E-state index contributed by atoms with van der Waals surface area (Å²) in [6.07, 6.45) is 7.19. The summed E-state index contributed by atoms with van der Waals surface area (Å²) in [6.45, 7) is 0. The lowest BCUT2D eigenvalue weighted by Gasteiger charge is -2.33. The molecule has 5 unspecified atom stereocenters. The van der Waals surface area contributed by atoms with E-state index in [1.807, 2.05) is 18.2 Å². The summed E-state index contributed by atoms with van der Waals surface area (Å²) in [4.78, 5) is 0. The summed E-state index contributed by atoms with van der Waals surface area (Å²) in [5.41, 5.74) is 1.86. The van der Waals surface area contributed by atoms with E-state index in [4.69, 9.17) is 5.26 Å². The lowest BCUT2D eigenvalue weighted by Crippen LogP contribution is -2.33. The zero-order valence-electron chi connectivity index (χ0n) is 11.5. The van der Waals surface area contributed by atoms with Crippen molar-refractivity contribution in [1.29, 1.82) is 5.26 Å². The number of nitrogens with one attached hydrogen (secondary N) is 1. The molecule has 0 heterocycles. The molecule has 20 heavy (non-hydrogen) atoms. The molecule has 3 aliphatic carbocycles. The molecule has 3 saturated carbocycles. The maximum Gasteiger partial charge on any atom is 0.0992 e. The number of rotatable bonds is 2. The van der Waals surface area contributed by atoms with E-state index < -0.39 is 0 Å². The molecule has 1 aromatic carbocycles. The Morgan fingerprint density at radius 1 is 1.15 bits per heavy atom. The van der Waals surface area contributed by atoms with Gasteiger partial charge in [-0.25, -0.2) is 0 Å². The largest absolute Gasteiger partial charge is 0.381 e. The fourth-order valence-electron chi connectivity index (χ4n) is 5.14. The highest BCUT2D eigenvalue weighted by atomic mass is 79.9. The number of fused-ring (bicyclic) bond motifs is 5. The van der Waals surface area contributed by atoms with Crippen LogP contribution >= 0.6 is 15.9 Å². The highest BCUT2D eigenvalue weighted by Crippen LogP contribution is 2.59. The van der Waals surface area contributed by atoms with Crippen LogP contribution in [0, 0.1) is 35.0 Å². The van der Waals surface area contributed by atoms with Crippen LogP contribution < -0.4 is 5.32 Å². The van der Waals surface area contributed by atoms with E-state index in [-0.39, 0.29) is 0 Å². The number of nitriles is 1. The van der Waals surface area contributed by atoms with Crippen molar-refractivity contribution in [3.63, 3.8) is 0 Å². The molecule has 3 aliphatic rings. The Kier molecular flexibility index (Phi) is 3.03. The van der Waals surface area contributed by atoms with Crippen LogP contribution in [0.5, 0.6) is 0 Å². The lowest BCUT2D eigenvalue weighted by atomic mass is 9.79. The van der Waals surface area contributed by atoms with Crippen LogP contribution in [0.1, 0.15) is 37.7 Å². The van der Waals surface area contributed by atoms with E-state index in [9.17, 15) is 0 Å². The summed E-state index contributed by atoms with van der Waals surface area (Å²) in [5, 5.41) is 12.7. The van der Waals surface area contributed by atoms with Gasteiger partial charge in [-0.15, -0.1) is 0 Å². The average Bonchev–Trinajstić information content (AvgIpc) is 3.12. The molecule has 1 aromatic rings. The van der Waals surface area contributed by atoms with Crippen molar-refractivity contribution >= 4 is 21.6 Å². The van der Waals surface area contributed by atoms with Crippen molar-refractivity contribution in [3.8, 4) is 6.07 Å². The Hall–Kier alpha value is -1.01. The van der Waals surface area contributed by atoms with E-state index in [1.54, 1.807) is 0 Å². The van der Waals surface area contributed by atoms with Crippen LogP contribution in [0.3, 0.4) is 0 Å². The molecular formula is C17H19BrN2. The minimum atomic E-state index is 0.642. The van der Waals surface area contributed by atoms with Crippen LogP contribution in [-0.4, -0.2) is 6.04 Å². The molecular weight excluding hydrogens is 312 g/mol. The second kappa shape index (κ2) is 4.77. The minimum Gasteiger partial charge on any atom is -0.381 e. The predicted molar refractivity (Wildman–Crippen MR) is 83.3 cm³/mol. The van der Waals surface area contributed by atoms with Gasteiger partial charge in [-0.2, -0.15) is 5.26 Å². The van der Waals surface area contributed by atoms with Gasteiger partial charge in [0.05, 0.1) is 11.6 Å². The summed E-state index contributed by atoms with van der Waals surface area (Å²) >= 11 is 3.59. The van der Waals surface area contributed by atoms with Gasteiger partial charge in [-0.1, -0.05) is 6.42 Å². The van der Waals surface area contributed by atoms with Gasteiger partial charge in [-0.3, -0.25) is 0 Å². The molecule has 0 spiro atoms. The summed E-state index contributed by atoms with van der Waals surface area (Å²) in [6, 6.07) is 8.68. The summed E-state index contributed by atoms with van der Waals surface area (Å²) in [5.74, 6) is 3.89. The van der Waals surface area contributed by atoms with Gasteiger partial charge >= 0.3 is 0 Å². The first kappa shape index (κ1) is 12.7. The zero-order valence-corrected chi connectivity index (χ0v) is 13.1. The van der Waals surface area contributed by atoms with Gasteiger partial charge in [0.1, 0.15) is 0 Å². The van der Waals surface area contributed by atoms with Gasteiger partial charge in [0.2, 0.25) is 0 Å². The Morgan fingerprint density at radius 2 is 2.00 bits per heavy atom. The van der Waals surface area contributed by atoms with Gasteiger partial charge in [0.25, 0.3) is 0 Å². The number of anilines is 1. The van der Waals surface area contributed by atoms with Crippen LogP contribution in [0.25, 0.3) is 0 Å². The Labute approximate surface area is 128 Å². The Balaban J connectivity index is 1.52. The molecule has 3 heteroatoms. The van der Waals surface area contributed by atoms with Crippen molar-refractivity contribution < 1.29 is 0 Å². The predicted octanol–water partition coefficient (Wildman–Crippen LogP) is 4.56. The number of nitrogens with zero attached hydrogens (tertiary/aromatic N) is 1. The normalized spacial score (nSPS) is 37.7. The van der Waals surface area contributed by atoms with E-state index in [0.717, 1.165) is 33.8 Å². The fourth-order valence-corrected chi connectivity index (χ4v) is 5.63. The maximum absolute atomic E-state index is 8.93. The molecule has 5 atom stereocenters. The minimum absolute atomic E-state index is 0.642. The van der Waals surface area contributed by atoms with Crippen LogP contribution in [0.4, 0.5) is 5.69 Å². The first-order valence-corrected chi connectivity index (χ1v) is 8.52. The van der Waals surface area contributed by atoms with Gasteiger partial charge < -0.3 is 5.32 Å². The van der Waals surface area contributed by atoms with Gasteiger partial charge in [0, 0.05) is 16.2 Å². The molecule has 4 rings (SSSR count). The van der Waals surface area contributed by atoms with E-state index in [0.29, 0.717) is 11.6 Å². The second-order valence-electron chi connectivity index (χ2n) is 6.71. The lowest BCUT2D eigenvalue weighted by molar-refractivity contribution is 0.243. The molecule has 0 amide bonds. The third-order valence-electron chi connectivity index (χ3n) is 5.87. The molecule has 0 aromatic heterocycles. The molecule has 0 saturated heterocycles. The van der Waals surface area contributed by atoms with E-state index in [1.165, 1.54) is 32.1 Å². The highest BCUT2D eigenvalue weighted by molar-refractivity contribution is 9.10. The molecule has 104 valence electrons. The monoisotopic (exact) mass is 330 g/mol. The van der Waals surface area contributed by atoms with Crippen molar-refractivity contribution in [2.75, 3.05) is 5.32 Å². The number of benzene rings is 1. The van der Waals surface area contributed by atoms with E-state index >= 15 is 0 Å². The van der Waals surface area contributed by atoms with Crippen molar-refractivity contribution in [2.24, 2.45) is 23.7 Å². The van der Waals surface area contributed by atoms with Crippen LogP contribution in [-0.2, 0) is 0 Å². The van der Waals surface area contributed by atoms with Crippen LogP contribution in [0.15, 0.2) is 22.7 Å². The molecule has 2 nitrogen and oxygen atoms in total. The highest BCUT2D eigenvalue weighted by Gasteiger charge is 2.53. The first-order valence-electron chi connectivity index (χ1n) is 7.72. The molecule has 3 fully saturated rings. The van der Waals surface area contributed by atoms with Gasteiger partial charge in [0.15, 0.2) is 0 Å². The van der Waals surface area contributed by atoms with Crippen LogP contribution in [0.2, 0.25) is 0 Å². The average molecular weight is 331 g/mol. The SMILES string of the molecule is N#Cc1ccc(NC2CC3CC2C2CCCC32)c(Br)c1. The van der Waals surface area contributed by atoms with Crippen molar-refractivity contribution in [1.82, 2.24) is 0 Å². The summed E-state index contributed by atoms with van der Waals surface area (Å²) in [7, 11) is 0.